The first-order valence-electron chi connectivity index (χ1n) is 5.91. The third-order valence-electron chi connectivity index (χ3n) is 3.30. The van der Waals surface area contributed by atoms with Gasteiger partial charge < -0.3 is 10.4 Å². The number of carboxylic acids is 1. The fraction of sp³-hybridized carbons (Fsp3) is 0.385. The molecule has 2 N–H and O–H groups in total. The Morgan fingerprint density at radius 1 is 1.21 bits per heavy atom. The lowest BCUT2D eigenvalue weighted by Crippen LogP contribution is -2.54. The maximum absolute atomic E-state index is 13.0. The zero-order valence-electron chi connectivity index (χ0n) is 10.1. The van der Waals surface area contributed by atoms with Crippen molar-refractivity contribution in [3.05, 3.63) is 35.4 Å². The Kier molecular flexibility index (Phi) is 3.50. The summed E-state index contributed by atoms with van der Waals surface area (Å²) in [5.41, 5.74) is -0.930. The van der Waals surface area contributed by atoms with E-state index >= 15 is 0 Å². The van der Waals surface area contributed by atoms with Gasteiger partial charge in [-0.2, -0.15) is 0 Å². The molecule has 1 saturated carbocycles. The zero-order chi connectivity index (χ0) is 14.0. The van der Waals surface area contributed by atoms with E-state index in [1.54, 1.807) is 0 Å². The van der Waals surface area contributed by atoms with E-state index in [2.05, 4.69) is 5.32 Å². The van der Waals surface area contributed by atoms with Gasteiger partial charge in [0.1, 0.15) is 11.6 Å². The number of carboxylic acid groups (broad SMARTS) is 1. The van der Waals surface area contributed by atoms with Crippen molar-refractivity contribution in [1.29, 1.82) is 0 Å². The molecule has 0 saturated heterocycles. The van der Waals surface area contributed by atoms with E-state index in [1.165, 1.54) is 0 Å². The molecule has 1 aromatic rings. The zero-order valence-corrected chi connectivity index (χ0v) is 10.1. The highest BCUT2D eigenvalue weighted by atomic mass is 19.1. The van der Waals surface area contributed by atoms with Crippen LogP contribution in [0.4, 0.5) is 8.78 Å². The molecule has 0 radical (unpaired) electrons. The number of rotatable bonds is 4. The lowest BCUT2D eigenvalue weighted by atomic mass is 9.74. The summed E-state index contributed by atoms with van der Waals surface area (Å²) < 4.78 is 26.0. The van der Waals surface area contributed by atoms with Crippen LogP contribution in [0.1, 0.15) is 36.0 Å². The van der Waals surface area contributed by atoms with E-state index in [4.69, 9.17) is 5.11 Å². The van der Waals surface area contributed by atoms with Crippen LogP contribution in [0.15, 0.2) is 18.2 Å². The van der Waals surface area contributed by atoms with E-state index in [9.17, 15) is 18.4 Å². The molecule has 1 aromatic carbocycles. The highest BCUT2D eigenvalue weighted by Gasteiger charge is 2.40. The average Bonchev–Trinajstić information content (AvgIpc) is 2.23. The second-order valence-electron chi connectivity index (χ2n) is 4.82. The van der Waals surface area contributed by atoms with Gasteiger partial charge >= 0.3 is 5.97 Å². The molecular weight excluding hydrogens is 256 g/mol. The monoisotopic (exact) mass is 269 g/mol. The van der Waals surface area contributed by atoms with Gasteiger partial charge in [0.15, 0.2) is 0 Å². The minimum atomic E-state index is -1.01. The lowest BCUT2D eigenvalue weighted by Gasteiger charge is -2.41. The molecule has 0 unspecified atom stereocenters. The Labute approximate surface area is 108 Å². The molecule has 0 spiro atoms. The predicted molar refractivity (Wildman–Crippen MR) is 62.7 cm³/mol. The first-order valence-corrected chi connectivity index (χ1v) is 5.91. The van der Waals surface area contributed by atoms with E-state index in [0.717, 1.165) is 18.6 Å². The Morgan fingerprint density at radius 3 is 2.21 bits per heavy atom. The minimum absolute atomic E-state index is 0.144. The average molecular weight is 269 g/mol. The highest BCUT2D eigenvalue weighted by molar-refractivity contribution is 5.95. The predicted octanol–water partition coefficient (Wildman–Crippen LogP) is 2.09. The Bertz CT molecular complexity index is 506. The number of aliphatic carboxylic acids is 1. The summed E-state index contributed by atoms with van der Waals surface area (Å²) in [4.78, 5) is 22.7. The maximum atomic E-state index is 13.0. The van der Waals surface area contributed by atoms with Crippen LogP contribution in [0.5, 0.6) is 0 Å². The summed E-state index contributed by atoms with van der Waals surface area (Å²) in [7, 11) is 0. The third-order valence-corrected chi connectivity index (χ3v) is 3.30. The summed E-state index contributed by atoms with van der Waals surface area (Å²) in [6.45, 7) is 0. The highest BCUT2D eigenvalue weighted by Crippen LogP contribution is 2.35. The number of nitrogens with one attached hydrogen (secondary N) is 1. The molecule has 4 nitrogen and oxygen atoms in total. The smallest absolute Gasteiger partial charge is 0.305 e. The molecule has 1 fully saturated rings. The SMILES string of the molecule is O=C(O)CC1(NC(=O)c2cc(F)cc(F)c2)CCC1. The number of carbonyl (C=O) groups excluding carboxylic acids is 1. The summed E-state index contributed by atoms with van der Waals surface area (Å²) in [5.74, 6) is -3.35. The van der Waals surface area contributed by atoms with Gasteiger partial charge in [-0.3, -0.25) is 9.59 Å². The van der Waals surface area contributed by atoms with Crippen molar-refractivity contribution < 1.29 is 23.5 Å². The van der Waals surface area contributed by atoms with Crippen LogP contribution in [-0.2, 0) is 4.79 Å². The van der Waals surface area contributed by atoms with Gasteiger partial charge in [0.25, 0.3) is 5.91 Å². The first kappa shape index (κ1) is 13.5. The quantitative estimate of drug-likeness (QED) is 0.879. The maximum Gasteiger partial charge on any atom is 0.305 e. The van der Waals surface area contributed by atoms with Crippen LogP contribution >= 0.6 is 0 Å². The Balaban J connectivity index is 2.13. The minimum Gasteiger partial charge on any atom is -0.481 e. The number of carbonyl (C=O) groups is 2. The normalized spacial score (nSPS) is 16.5. The van der Waals surface area contributed by atoms with Gasteiger partial charge in [-0.25, -0.2) is 8.78 Å². The van der Waals surface area contributed by atoms with Gasteiger partial charge in [0.2, 0.25) is 0 Å². The Morgan fingerprint density at radius 2 is 1.79 bits per heavy atom. The van der Waals surface area contributed by atoms with Gasteiger partial charge in [0, 0.05) is 11.6 Å². The van der Waals surface area contributed by atoms with Gasteiger partial charge in [-0.15, -0.1) is 0 Å². The first-order chi connectivity index (χ1) is 8.90. The molecule has 0 atom stereocenters. The van der Waals surface area contributed by atoms with Crippen LogP contribution in [0.3, 0.4) is 0 Å². The number of amides is 1. The van der Waals surface area contributed by atoms with Gasteiger partial charge in [-0.1, -0.05) is 0 Å². The number of hydrogen-bond donors (Lipinski definition) is 2. The number of halogens is 2. The molecule has 0 aromatic heterocycles. The molecule has 19 heavy (non-hydrogen) atoms. The third kappa shape index (κ3) is 3.07. The Hall–Kier alpha value is -1.98. The van der Waals surface area contributed by atoms with Crippen molar-refractivity contribution in [3.8, 4) is 0 Å². The molecule has 1 aliphatic rings. The summed E-state index contributed by atoms with van der Waals surface area (Å²) in [5, 5.41) is 11.4. The van der Waals surface area contributed by atoms with Crippen molar-refractivity contribution in [2.75, 3.05) is 0 Å². The molecular formula is C13H13F2NO3. The fourth-order valence-electron chi connectivity index (χ4n) is 2.24. The number of benzene rings is 1. The molecule has 2 rings (SSSR count). The second kappa shape index (κ2) is 4.95. The van der Waals surface area contributed by atoms with Crippen LogP contribution < -0.4 is 5.32 Å². The van der Waals surface area contributed by atoms with Crippen molar-refractivity contribution in [2.45, 2.75) is 31.2 Å². The van der Waals surface area contributed by atoms with Gasteiger partial charge in [0.05, 0.1) is 12.0 Å². The summed E-state index contributed by atoms with van der Waals surface area (Å²) in [6.07, 6.45) is 1.76. The van der Waals surface area contributed by atoms with Crippen molar-refractivity contribution in [2.24, 2.45) is 0 Å². The van der Waals surface area contributed by atoms with E-state index in [0.29, 0.717) is 18.9 Å². The van der Waals surface area contributed by atoms with E-state index in [-0.39, 0.29) is 12.0 Å². The van der Waals surface area contributed by atoms with Crippen LogP contribution in [0.25, 0.3) is 0 Å². The van der Waals surface area contributed by atoms with Crippen LogP contribution in [0, 0.1) is 11.6 Å². The number of hydrogen-bond acceptors (Lipinski definition) is 2. The molecule has 0 aliphatic heterocycles. The van der Waals surface area contributed by atoms with E-state index in [1.807, 2.05) is 0 Å². The standard InChI is InChI=1S/C13H13F2NO3/c14-9-4-8(5-10(15)6-9)12(19)16-13(2-1-3-13)7-11(17)18/h4-6H,1-3,7H2,(H,16,19)(H,17,18). The van der Waals surface area contributed by atoms with Crippen LogP contribution in [0.2, 0.25) is 0 Å². The summed E-state index contributed by atoms with van der Waals surface area (Å²) >= 11 is 0. The van der Waals surface area contributed by atoms with Gasteiger partial charge in [-0.05, 0) is 31.4 Å². The topological polar surface area (TPSA) is 66.4 Å². The molecule has 102 valence electrons. The fourth-order valence-corrected chi connectivity index (χ4v) is 2.24. The molecule has 0 bridgehead atoms. The van der Waals surface area contributed by atoms with E-state index < -0.39 is 29.0 Å². The second-order valence-corrected chi connectivity index (χ2v) is 4.82. The lowest BCUT2D eigenvalue weighted by molar-refractivity contribution is -0.139. The van der Waals surface area contributed by atoms with Crippen molar-refractivity contribution in [1.82, 2.24) is 5.32 Å². The molecule has 6 heteroatoms. The largest absolute Gasteiger partial charge is 0.481 e. The van der Waals surface area contributed by atoms with Crippen molar-refractivity contribution in [3.63, 3.8) is 0 Å². The summed E-state index contributed by atoms with van der Waals surface area (Å²) in [6, 6.07) is 2.52. The van der Waals surface area contributed by atoms with Crippen LogP contribution in [-0.4, -0.2) is 22.5 Å². The molecule has 0 heterocycles. The molecule has 1 amide bonds. The molecule has 1 aliphatic carbocycles. The van der Waals surface area contributed by atoms with Crippen molar-refractivity contribution >= 4 is 11.9 Å².